The summed E-state index contributed by atoms with van der Waals surface area (Å²) < 4.78 is 0. The van der Waals surface area contributed by atoms with Crippen molar-refractivity contribution in [2.45, 2.75) is 71.9 Å². The van der Waals surface area contributed by atoms with Crippen molar-refractivity contribution in [3.8, 4) is 0 Å². The van der Waals surface area contributed by atoms with E-state index < -0.39 is 6.04 Å². The van der Waals surface area contributed by atoms with Crippen LogP contribution in [0.25, 0.3) is 0 Å². The molecule has 1 aliphatic rings. The van der Waals surface area contributed by atoms with Crippen molar-refractivity contribution >= 4 is 17.7 Å². The molecule has 0 saturated carbocycles. The Morgan fingerprint density at radius 2 is 1.83 bits per heavy atom. The Labute approximate surface area is 139 Å². The zero-order valence-corrected chi connectivity index (χ0v) is 14.9. The topological polar surface area (TPSA) is 78.5 Å². The van der Waals surface area contributed by atoms with Crippen molar-refractivity contribution in [3.05, 3.63) is 0 Å². The van der Waals surface area contributed by atoms with Crippen LogP contribution in [-0.2, 0) is 14.4 Å². The molecular weight excluding hydrogens is 294 g/mol. The SMILES string of the molecule is CC(C)CC(=O)NCCC(=O)N[C@H](C)C(=O)N1CCCC[C@@H]1C. The molecule has 0 bridgehead atoms. The highest BCUT2D eigenvalue weighted by atomic mass is 16.2. The molecule has 0 unspecified atom stereocenters. The van der Waals surface area contributed by atoms with Gasteiger partial charge < -0.3 is 15.5 Å². The first-order chi connectivity index (χ1) is 10.8. The first-order valence-corrected chi connectivity index (χ1v) is 8.67. The van der Waals surface area contributed by atoms with Crippen LogP contribution in [0.3, 0.4) is 0 Å². The fourth-order valence-electron chi connectivity index (χ4n) is 2.81. The summed E-state index contributed by atoms with van der Waals surface area (Å²) in [6, 6.07) is -0.277. The number of carbonyl (C=O) groups excluding carboxylic acids is 3. The lowest BCUT2D eigenvalue weighted by Gasteiger charge is -2.35. The molecule has 1 rings (SSSR count). The quantitative estimate of drug-likeness (QED) is 0.743. The number of piperidine rings is 1. The van der Waals surface area contributed by atoms with Gasteiger partial charge in [0, 0.05) is 32.0 Å². The van der Waals surface area contributed by atoms with Gasteiger partial charge in [-0.05, 0) is 39.0 Å². The van der Waals surface area contributed by atoms with Crippen LogP contribution in [0.2, 0.25) is 0 Å². The molecule has 6 nitrogen and oxygen atoms in total. The van der Waals surface area contributed by atoms with Gasteiger partial charge in [0.2, 0.25) is 17.7 Å². The minimum atomic E-state index is -0.519. The Morgan fingerprint density at radius 1 is 1.13 bits per heavy atom. The predicted molar refractivity (Wildman–Crippen MR) is 89.7 cm³/mol. The normalized spacial score (nSPS) is 19.3. The highest BCUT2D eigenvalue weighted by Crippen LogP contribution is 2.17. The number of amides is 3. The van der Waals surface area contributed by atoms with E-state index in [1.807, 2.05) is 18.7 Å². The molecule has 6 heteroatoms. The van der Waals surface area contributed by atoms with Gasteiger partial charge in [-0.3, -0.25) is 14.4 Å². The van der Waals surface area contributed by atoms with Crippen LogP contribution in [-0.4, -0.2) is 47.8 Å². The second-order valence-electron chi connectivity index (χ2n) is 6.86. The van der Waals surface area contributed by atoms with E-state index in [9.17, 15) is 14.4 Å². The Bertz CT molecular complexity index is 423. The zero-order chi connectivity index (χ0) is 17.4. The predicted octanol–water partition coefficient (Wildman–Crippen LogP) is 1.44. The van der Waals surface area contributed by atoms with Crippen LogP contribution in [0.5, 0.6) is 0 Å². The van der Waals surface area contributed by atoms with Crippen molar-refractivity contribution in [3.63, 3.8) is 0 Å². The Hall–Kier alpha value is -1.59. The second kappa shape index (κ2) is 9.53. The Morgan fingerprint density at radius 3 is 2.43 bits per heavy atom. The van der Waals surface area contributed by atoms with E-state index in [0.29, 0.717) is 18.9 Å². The minimum Gasteiger partial charge on any atom is -0.356 e. The lowest BCUT2D eigenvalue weighted by molar-refractivity contribution is -0.138. The highest BCUT2D eigenvalue weighted by molar-refractivity contribution is 5.87. The Balaban J connectivity index is 2.30. The van der Waals surface area contributed by atoms with Crippen LogP contribution in [0.15, 0.2) is 0 Å². The first-order valence-electron chi connectivity index (χ1n) is 8.67. The summed E-state index contributed by atoms with van der Waals surface area (Å²) in [5, 5.41) is 5.45. The van der Waals surface area contributed by atoms with Gasteiger partial charge in [0.1, 0.15) is 6.04 Å². The van der Waals surface area contributed by atoms with Gasteiger partial charge in [-0.25, -0.2) is 0 Å². The van der Waals surface area contributed by atoms with Gasteiger partial charge in [0.05, 0.1) is 0 Å². The molecule has 1 saturated heterocycles. The van der Waals surface area contributed by atoms with Crippen LogP contribution in [0.1, 0.15) is 59.8 Å². The van der Waals surface area contributed by atoms with Gasteiger partial charge in [-0.1, -0.05) is 13.8 Å². The fraction of sp³-hybridized carbons (Fsp3) is 0.824. The molecule has 1 aliphatic heterocycles. The summed E-state index contributed by atoms with van der Waals surface area (Å²) in [4.78, 5) is 37.6. The summed E-state index contributed by atoms with van der Waals surface area (Å²) in [5.74, 6) is 0.0295. The summed E-state index contributed by atoms with van der Waals surface area (Å²) in [6.07, 6.45) is 3.86. The third-order valence-electron chi connectivity index (χ3n) is 4.10. The van der Waals surface area contributed by atoms with Crippen molar-refractivity contribution in [2.24, 2.45) is 5.92 Å². The molecule has 0 aromatic rings. The largest absolute Gasteiger partial charge is 0.356 e. The smallest absolute Gasteiger partial charge is 0.245 e. The standard InChI is InChI=1S/C17H31N3O3/c1-12(2)11-16(22)18-9-8-15(21)19-14(4)17(23)20-10-6-5-7-13(20)3/h12-14H,5-11H2,1-4H3,(H,18,22)(H,19,21)/t13-,14+/m0/s1. The molecule has 132 valence electrons. The molecule has 1 fully saturated rings. The molecule has 0 spiro atoms. The average Bonchev–Trinajstić information content (AvgIpc) is 2.46. The summed E-state index contributed by atoms with van der Waals surface area (Å²) in [6.45, 7) is 8.79. The molecule has 1 heterocycles. The van der Waals surface area contributed by atoms with Crippen LogP contribution < -0.4 is 10.6 Å². The molecule has 0 aromatic heterocycles. The third-order valence-corrected chi connectivity index (χ3v) is 4.10. The van der Waals surface area contributed by atoms with Crippen molar-refractivity contribution in [1.29, 1.82) is 0 Å². The van der Waals surface area contributed by atoms with E-state index in [1.165, 1.54) is 0 Å². The van der Waals surface area contributed by atoms with Crippen molar-refractivity contribution < 1.29 is 14.4 Å². The lowest BCUT2D eigenvalue weighted by Crippen LogP contribution is -2.51. The van der Waals surface area contributed by atoms with Gasteiger partial charge >= 0.3 is 0 Å². The molecule has 0 aromatic carbocycles. The van der Waals surface area contributed by atoms with E-state index in [1.54, 1.807) is 6.92 Å². The average molecular weight is 325 g/mol. The van der Waals surface area contributed by atoms with E-state index in [-0.39, 0.29) is 30.2 Å². The zero-order valence-electron chi connectivity index (χ0n) is 14.9. The maximum Gasteiger partial charge on any atom is 0.245 e. The van der Waals surface area contributed by atoms with E-state index in [2.05, 4.69) is 17.6 Å². The first kappa shape index (κ1) is 19.5. The molecule has 3 amide bonds. The van der Waals surface area contributed by atoms with Crippen molar-refractivity contribution in [1.82, 2.24) is 15.5 Å². The maximum absolute atomic E-state index is 12.4. The summed E-state index contributed by atoms with van der Waals surface area (Å²) >= 11 is 0. The monoisotopic (exact) mass is 325 g/mol. The molecule has 0 aliphatic carbocycles. The maximum atomic E-state index is 12.4. The molecule has 2 N–H and O–H groups in total. The second-order valence-corrected chi connectivity index (χ2v) is 6.86. The molecule has 2 atom stereocenters. The van der Waals surface area contributed by atoms with Crippen LogP contribution in [0, 0.1) is 5.92 Å². The van der Waals surface area contributed by atoms with E-state index in [0.717, 1.165) is 25.8 Å². The van der Waals surface area contributed by atoms with Crippen LogP contribution in [0.4, 0.5) is 0 Å². The van der Waals surface area contributed by atoms with Gasteiger partial charge in [-0.2, -0.15) is 0 Å². The van der Waals surface area contributed by atoms with Crippen LogP contribution >= 0.6 is 0 Å². The minimum absolute atomic E-state index is 0.0191. The molecule has 23 heavy (non-hydrogen) atoms. The number of hydrogen-bond donors (Lipinski definition) is 2. The Kier molecular flexibility index (Phi) is 8.06. The molecule has 0 radical (unpaired) electrons. The number of carbonyl (C=O) groups is 3. The highest BCUT2D eigenvalue weighted by Gasteiger charge is 2.27. The number of likely N-dealkylation sites (tertiary alicyclic amines) is 1. The summed E-state index contributed by atoms with van der Waals surface area (Å²) in [7, 11) is 0. The number of nitrogens with zero attached hydrogens (tertiary/aromatic N) is 1. The third kappa shape index (κ3) is 7.01. The number of nitrogens with one attached hydrogen (secondary N) is 2. The van der Waals surface area contributed by atoms with Crippen molar-refractivity contribution in [2.75, 3.05) is 13.1 Å². The lowest BCUT2D eigenvalue weighted by atomic mass is 10.0. The fourth-order valence-corrected chi connectivity index (χ4v) is 2.81. The van der Waals surface area contributed by atoms with Gasteiger partial charge in [0.15, 0.2) is 0 Å². The van der Waals surface area contributed by atoms with Gasteiger partial charge in [-0.15, -0.1) is 0 Å². The van der Waals surface area contributed by atoms with Gasteiger partial charge in [0.25, 0.3) is 0 Å². The number of rotatable bonds is 7. The molecular formula is C17H31N3O3. The van der Waals surface area contributed by atoms with E-state index in [4.69, 9.17) is 0 Å². The summed E-state index contributed by atoms with van der Waals surface area (Å²) in [5.41, 5.74) is 0. The van der Waals surface area contributed by atoms with E-state index >= 15 is 0 Å². The number of hydrogen-bond acceptors (Lipinski definition) is 3.